The van der Waals surface area contributed by atoms with Crippen molar-refractivity contribution in [3.05, 3.63) is 23.7 Å². The van der Waals surface area contributed by atoms with Gasteiger partial charge in [-0.05, 0) is 31.9 Å². The predicted molar refractivity (Wildman–Crippen MR) is 54.4 cm³/mol. The molecule has 0 spiro atoms. The number of nitrogens with one attached hydrogen (secondary N) is 1. The van der Waals surface area contributed by atoms with Gasteiger partial charge in [0.25, 0.3) is 0 Å². The molecule has 4 heteroatoms. The van der Waals surface area contributed by atoms with Crippen LogP contribution in [0.3, 0.4) is 0 Å². The fraction of sp³-hybridized carbons (Fsp3) is 0.545. The zero-order chi connectivity index (χ0) is 10.8. The lowest BCUT2D eigenvalue weighted by molar-refractivity contribution is -0.143. The average molecular weight is 209 g/mol. The molecule has 15 heavy (non-hydrogen) atoms. The van der Waals surface area contributed by atoms with E-state index in [4.69, 9.17) is 9.15 Å². The first-order valence-electron chi connectivity index (χ1n) is 5.11. The number of carbonyl (C=O) groups excluding carboxylic acids is 1. The summed E-state index contributed by atoms with van der Waals surface area (Å²) in [4.78, 5) is 11.5. The zero-order valence-corrected chi connectivity index (χ0v) is 8.95. The second-order valence-corrected chi connectivity index (χ2v) is 3.85. The van der Waals surface area contributed by atoms with Gasteiger partial charge in [0.2, 0.25) is 0 Å². The molecule has 0 saturated heterocycles. The molecule has 1 aromatic heterocycles. The van der Waals surface area contributed by atoms with Crippen LogP contribution in [-0.4, -0.2) is 19.1 Å². The quantitative estimate of drug-likeness (QED) is 0.764. The van der Waals surface area contributed by atoms with E-state index in [0.29, 0.717) is 11.8 Å². The smallest absolute Gasteiger partial charge is 0.330 e. The van der Waals surface area contributed by atoms with E-state index in [2.05, 4.69) is 5.32 Å². The van der Waals surface area contributed by atoms with Crippen LogP contribution in [0, 0.1) is 6.92 Å². The maximum absolute atomic E-state index is 11.5. The van der Waals surface area contributed by atoms with Gasteiger partial charge in [0.1, 0.15) is 11.5 Å². The van der Waals surface area contributed by atoms with Crippen molar-refractivity contribution < 1.29 is 13.9 Å². The average Bonchev–Trinajstić information content (AvgIpc) is 2.96. The Morgan fingerprint density at radius 3 is 2.80 bits per heavy atom. The van der Waals surface area contributed by atoms with E-state index in [-0.39, 0.29) is 5.97 Å². The fourth-order valence-electron chi connectivity index (χ4n) is 1.48. The van der Waals surface area contributed by atoms with E-state index in [1.807, 2.05) is 19.1 Å². The first kappa shape index (κ1) is 10.2. The maximum Gasteiger partial charge on any atom is 0.330 e. The summed E-state index contributed by atoms with van der Waals surface area (Å²) in [6.07, 6.45) is 2.24. The molecule has 0 aliphatic heterocycles. The highest BCUT2D eigenvalue weighted by molar-refractivity contribution is 5.76. The Hall–Kier alpha value is -1.29. The lowest BCUT2D eigenvalue weighted by Crippen LogP contribution is -2.30. The van der Waals surface area contributed by atoms with Crippen LogP contribution in [0.2, 0.25) is 0 Å². The summed E-state index contributed by atoms with van der Waals surface area (Å²) in [6.45, 7) is 1.86. The van der Waals surface area contributed by atoms with Gasteiger partial charge in [-0.15, -0.1) is 0 Å². The van der Waals surface area contributed by atoms with Gasteiger partial charge in [-0.2, -0.15) is 0 Å². The number of rotatable bonds is 4. The lowest BCUT2D eigenvalue weighted by Gasteiger charge is -2.13. The molecule has 1 aliphatic rings. The van der Waals surface area contributed by atoms with Crippen molar-refractivity contribution in [2.24, 2.45) is 0 Å². The molecule has 1 unspecified atom stereocenters. The Bertz CT molecular complexity index is 354. The summed E-state index contributed by atoms with van der Waals surface area (Å²) in [5.74, 6) is 1.14. The van der Waals surface area contributed by atoms with Gasteiger partial charge in [0, 0.05) is 6.04 Å². The molecular formula is C11H15NO3. The highest BCUT2D eigenvalue weighted by atomic mass is 16.5. The van der Waals surface area contributed by atoms with Crippen LogP contribution in [0.15, 0.2) is 16.5 Å². The van der Waals surface area contributed by atoms with Crippen LogP contribution in [-0.2, 0) is 9.53 Å². The maximum atomic E-state index is 11.5. The number of furan rings is 1. The second-order valence-electron chi connectivity index (χ2n) is 3.85. The molecule has 4 nitrogen and oxygen atoms in total. The molecule has 0 radical (unpaired) electrons. The standard InChI is InChI=1S/C11H15NO3/c1-7-3-6-9(15-7)10(11(13)14-2)12-8-4-5-8/h3,6,8,10,12H,4-5H2,1-2H3. The highest BCUT2D eigenvalue weighted by Crippen LogP contribution is 2.25. The number of ether oxygens (including phenoxy) is 1. The molecule has 0 amide bonds. The van der Waals surface area contributed by atoms with E-state index in [0.717, 1.165) is 18.6 Å². The largest absolute Gasteiger partial charge is 0.468 e. The van der Waals surface area contributed by atoms with Gasteiger partial charge in [0.15, 0.2) is 6.04 Å². The molecule has 1 N–H and O–H groups in total. The summed E-state index contributed by atoms with van der Waals surface area (Å²) in [7, 11) is 1.39. The summed E-state index contributed by atoms with van der Waals surface area (Å²) >= 11 is 0. The first-order valence-corrected chi connectivity index (χ1v) is 5.11. The summed E-state index contributed by atoms with van der Waals surface area (Å²) in [6, 6.07) is 3.63. The van der Waals surface area contributed by atoms with Gasteiger partial charge in [-0.3, -0.25) is 5.32 Å². The molecule has 1 heterocycles. The third kappa shape index (κ3) is 2.39. The van der Waals surface area contributed by atoms with Crippen molar-refractivity contribution in [1.29, 1.82) is 0 Å². The normalized spacial score (nSPS) is 17.5. The van der Waals surface area contributed by atoms with E-state index in [1.54, 1.807) is 0 Å². The van der Waals surface area contributed by atoms with E-state index in [1.165, 1.54) is 7.11 Å². The third-order valence-electron chi connectivity index (χ3n) is 2.46. The topological polar surface area (TPSA) is 51.5 Å². The Balaban J connectivity index is 2.12. The van der Waals surface area contributed by atoms with Gasteiger partial charge >= 0.3 is 5.97 Å². The van der Waals surface area contributed by atoms with E-state index >= 15 is 0 Å². The number of hydrogen-bond donors (Lipinski definition) is 1. The van der Waals surface area contributed by atoms with Crippen molar-refractivity contribution in [3.8, 4) is 0 Å². The summed E-state index contributed by atoms with van der Waals surface area (Å²) in [5.41, 5.74) is 0. The number of hydrogen-bond acceptors (Lipinski definition) is 4. The number of methoxy groups -OCH3 is 1. The first-order chi connectivity index (χ1) is 7.20. The molecule has 0 bridgehead atoms. The number of esters is 1. The SMILES string of the molecule is COC(=O)C(NC1CC1)c1ccc(C)o1. The van der Waals surface area contributed by atoms with Crippen molar-refractivity contribution >= 4 is 5.97 Å². The number of aryl methyl sites for hydroxylation is 1. The number of carbonyl (C=O) groups is 1. The van der Waals surface area contributed by atoms with Gasteiger partial charge in [0.05, 0.1) is 7.11 Å². The summed E-state index contributed by atoms with van der Waals surface area (Å²) < 4.78 is 10.2. The van der Waals surface area contributed by atoms with Crippen LogP contribution < -0.4 is 5.32 Å². The van der Waals surface area contributed by atoms with Crippen LogP contribution in [0.4, 0.5) is 0 Å². The minimum atomic E-state index is -0.462. The van der Waals surface area contributed by atoms with Crippen LogP contribution in [0.25, 0.3) is 0 Å². The van der Waals surface area contributed by atoms with Crippen LogP contribution >= 0.6 is 0 Å². The molecule has 1 aliphatic carbocycles. The Labute approximate surface area is 88.6 Å². The van der Waals surface area contributed by atoms with Gasteiger partial charge < -0.3 is 9.15 Å². The van der Waals surface area contributed by atoms with Crippen LogP contribution in [0.1, 0.15) is 30.4 Å². The molecule has 1 fully saturated rings. The van der Waals surface area contributed by atoms with Gasteiger partial charge in [-0.1, -0.05) is 0 Å². The molecule has 82 valence electrons. The Morgan fingerprint density at radius 1 is 1.60 bits per heavy atom. The second kappa shape index (κ2) is 4.06. The fourth-order valence-corrected chi connectivity index (χ4v) is 1.48. The van der Waals surface area contributed by atoms with Crippen LogP contribution in [0.5, 0.6) is 0 Å². The molecule has 1 atom stereocenters. The third-order valence-corrected chi connectivity index (χ3v) is 2.46. The highest BCUT2D eigenvalue weighted by Gasteiger charge is 2.31. The zero-order valence-electron chi connectivity index (χ0n) is 8.95. The lowest BCUT2D eigenvalue weighted by atomic mass is 10.2. The van der Waals surface area contributed by atoms with Crippen molar-refractivity contribution in [3.63, 3.8) is 0 Å². The minimum absolute atomic E-state index is 0.295. The van der Waals surface area contributed by atoms with E-state index < -0.39 is 6.04 Å². The van der Waals surface area contributed by atoms with E-state index in [9.17, 15) is 4.79 Å². The van der Waals surface area contributed by atoms with Crippen molar-refractivity contribution in [2.75, 3.05) is 7.11 Å². The molecule has 2 rings (SSSR count). The van der Waals surface area contributed by atoms with Crippen molar-refractivity contribution in [2.45, 2.75) is 31.8 Å². The van der Waals surface area contributed by atoms with Gasteiger partial charge in [-0.25, -0.2) is 4.79 Å². The molecule has 1 aromatic rings. The Morgan fingerprint density at radius 2 is 2.33 bits per heavy atom. The predicted octanol–water partition coefficient (Wildman–Crippen LogP) is 1.55. The Kier molecular flexibility index (Phi) is 2.77. The molecule has 0 aromatic carbocycles. The monoisotopic (exact) mass is 209 g/mol. The molecule has 1 saturated carbocycles. The van der Waals surface area contributed by atoms with Crippen molar-refractivity contribution in [1.82, 2.24) is 5.32 Å². The molecular weight excluding hydrogens is 194 g/mol. The minimum Gasteiger partial charge on any atom is -0.468 e. The summed E-state index contributed by atoms with van der Waals surface area (Å²) in [5, 5.41) is 3.20.